The summed E-state index contributed by atoms with van der Waals surface area (Å²) >= 11 is 0. The molecule has 1 aliphatic heterocycles. The topological polar surface area (TPSA) is 55.1 Å². The maximum absolute atomic E-state index is 11.9. The van der Waals surface area contributed by atoms with Crippen LogP contribution in [-0.4, -0.2) is 18.0 Å². The number of piperidine rings is 1. The average molecular weight is 294 g/mol. The molecule has 1 heterocycles. The zero-order chi connectivity index (χ0) is 15.4. The van der Waals surface area contributed by atoms with E-state index in [1.807, 2.05) is 18.2 Å². The molecule has 1 atom stereocenters. The van der Waals surface area contributed by atoms with E-state index in [2.05, 4.69) is 41.7 Å². The molecule has 114 valence electrons. The lowest BCUT2D eigenvalue weighted by atomic mass is 9.82. The van der Waals surface area contributed by atoms with Gasteiger partial charge in [-0.25, -0.2) is 0 Å². The van der Waals surface area contributed by atoms with Crippen molar-refractivity contribution in [2.45, 2.75) is 31.2 Å². The molecule has 3 rings (SSSR count). The van der Waals surface area contributed by atoms with Crippen LogP contribution in [0.1, 0.15) is 24.8 Å². The average Bonchev–Trinajstić information content (AvgIpc) is 2.57. The van der Waals surface area contributed by atoms with Gasteiger partial charge in [-0.15, -0.1) is 0 Å². The van der Waals surface area contributed by atoms with E-state index in [-0.39, 0.29) is 5.91 Å². The Morgan fingerprint density at radius 3 is 2.27 bits per heavy atom. The Labute approximate surface area is 131 Å². The molecule has 0 radical (unpaired) electrons. The molecule has 1 fully saturated rings. The second-order valence-electron chi connectivity index (χ2n) is 6.07. The van der Waals surface area contributed by atoms with Crippen LogP contribution >= 0.6 is 0 Å². The summed E-state index contributed by atoms with van der Waals surface area (Å²) in [6.45, 7) is 0.866. The summed E-state index contributed by atoms with van der Waals surface area (Å²) in [6, 6.07) is 18.7. The van der Waals surface area contributed by atoms with Crippen molar-refractivity contribution in [1.29, 1.82) is 0 Å². The number of amides is 1. The number of carbonyl (C=O) groups excluding carboxylic acids is 1. The largest absolute Gasteiger partial charge is 0.368 e. The highest BCUT2D eigenvalue weighted by Gasteiger charge is 2.37. The van der Waals surface area contributed by atoms with Crippen LogP contribution in [0.3, 0.4) is 0 Å². The van der Waals surface area contributed by atoms with Crippen molar-refractivity contribution in [1.82, 2.24) is 5.32 Å². The Morgan fingerprint density at radius 2 is 1.68 bits per heavy atom. The lowest BCUT2D eigenvalue weighted by Gasteiger charge is -2.35. The third-order valence-corrected chi connectivity index (χ3v) is 4.53. The molecule has 2 aromatic rings. The van der Waals surface area contributed by atoms with Crippen LogP contribution in [0.25, 0.3) is 11.1 Å². The van der Waals surface area contributed by atoms with Crippen LogP contribution < -0.4 is 11.1 Å². The van der Waals surface area contributed by atoms with Crippen LogP contribution in [0.5, 0.6) is 0 Å². The third kappa shape index (κ3) is 3.04. The number of nitrogens with two attached hydrogens (primary N) is 1. The summed E-state index contributed by atoms with van der Waals surface area (Å²) in [5.41, 5.74) is 8.63. The Balaban J connectivity index is 1.79. The number of carbonyl (C=O) groups is 1. The van der Waals surface area contributed by atoms with Gasteiger partial charge < -0.3 is 11.1 Å². The van der Waals surface area contributed by atoms with Crippen molar-refractivity contribution in [2.75, 3.05) is 6.54 Å². The van der Waals surface area contributed by atoms with Crippen LogP contribution in [-0.2, 0) is 11.2 Å². The van der Waals surface area contributed by atoms with Gasteiger partial charge in [-0.1, -0.05) is 54.6 Å². The second-order valence-corrected chi connectivity index (χ2v) is 6.07. The zero-order valence-corrected chi connectivity index (χ0v) is 12.7. The molecule has 3 N–H and O–H groups in total. The molecule has 1 saturated heterocycles. The molecule has 3 heteroatoms. The van der Waals surface area contributed by atoms with Crippen molar-refractivity contribution < 1.29 is 4.79 Å². The van der Waals surface area contributed by atoms with Gasteiger partial charge in [-0.3, -0.25) is 4.79 Å². The first-order valence-electron chi connectivity index (χ1n) is 7.89. The maximum atomic E-state index is 11.9. The Kier molecular flexibility index (Phi) is 4.25. The number of hydrogen-bond donors (Lipinski definition) is 2. The molecule has 1 amide bonds. The summed E-state index contributed by atoms with van der Waals surface area (Å²) in [5.74, 6) is -0.237. The van der Waals surface area contributed by atoms with E-state index in [1.165, 1.54) is 11.1 Å². The molecule has 22 heavy (non-hydrogen) atoms. The standard InChI is InChI=1S/C19H22N2O/c20-18(22)19(12-4-5-13-21-19)14-15-8-10-17(11-9-15)16-6-2-1-3-7-16/h1-3,6-11,21H,4-5,12-14H2,(H2,20,22). The molecule has 0 bridgehead atoms. The van der Waals surface area contributed by atoms with Gasteiger partial charge in [0.1, 0.15) is 5.54 Å². The number of nitrogens with one attached hydrogen (secondary N) is 1. The highest BCUT2D eigenvalue weighted by molar-refractivity contribution is 5.85. The van der Waals surface area contributed by atoms with Crippen LogP contribution in [0.15, 0.2) is 54.6 Å². The van der Waals surface area contributed by atoms with Crippen LogP contribution in [0.2, 0.25) is 0 Å². The molecule has 2 aromatic carbocycles. The molecule has 0 spiro atoms. The highest BCUT2D eigenvalue weighted by Crippen LogP contribution is 2.25. The normalized spacial score (nSPS) is 21.5. The molecule has 0 aromatic heterocycles. The maximum Gasteiger partial charge on any atom is 0.238 e. The summed E-state index contributed by atoms with van der Waals surface area (Å²) < 4.78 is 0. The van der Waals surface area contributed by atoms with Crippen molar-refractivity contribution in [3.63, 3.8) is 0 Å². The zero-order valence-electron chi connectivity index (χ0n) is 12.7. The fourth-order valence-electron chi connectivity index (χ4n) is 3.21. The van der Waals surface area contributed by atoms with Gasteiger partial charge in [-0.05, 0) is 48.9 Å². The minimum Gasteiger partial charge on any atom is -0.368 e. The van der Waals surface area contributed by atoms with E-state index in [1.54, 1.807) is 0 Å². The smallest absolute Gasteiger partial charge is 0.238 e. The summed E-state index contributed by atoms with van der Waals surface area (Å²) in [7, 11) is 0. The third-order valence-electron chi connectivity index (χ3n) is 4.53. The van der Waals surface area contributed by atoms with Crippen molar-refractivity contribution in [3.05, 3.63) is 60.2 Å². The van der Waals surface area contributed by atoms with E-state index in [9.17, 15) is 4.79 Å². The van der Waals surface area contributed by atoms with E-state index < -0.39 is 5.54 Å². The Hall–Kier alpha value is -2.13. The van der Waals surface area contributed by atoms with E-state index in [0.29, 0.717) is 6.42 Å². The molecule has 0 aliphatic carbocycles. The van der Waals surface area contributed by atoms with Gasteiger partial charge in [0.2, 0.25) is 5.91 Å². The minimum absolute atomic E-state index is 0.237. The fraction of sp³-hybridized carbons (Fsp3) is 0.316. The number of hydrogen-bond acceptors (Lipinski definition) is 2. The molecule has 1 unspecified atom stereocenters. The number of rotatable bonds is 4. The lowest BCUT2D eigenvalue weighted by molar-refractivity contribution is -0.125. The second kappa shape index (κ2) is 6.32. The first-order chi connectivity index (χ1) is 10.7. The Bertz CT molecular complexity index is 628. The first kappa shape index (κ1) is 14.8. The molecular formula is C19H22N2O. The predicted molar refractivity (Wildman–Crippen MR) is 89.4 cm³/mol. The van der Waals surface area contributed by atoms with Gasteiger partial charge in [-0.2, -0.15) is 0 Å². The number of benzene rings is 2. The fourth-order valence-corrected chi connectivity index (χ4v) is 3.21. The van der Waals surface area contributed by atoms with E-state index in [0.717, 1.165) is 31.4 Å². The van der Waals surface area contributed by atoms with Gasteiger partial charge in [0.15, 0.2) is 0 Å². The summed E-state index contributed by atoms with van der Waals surface area (Å²) in [5, 5.41) is 3.35. The monoisotopic (exact) mass is 294 g/mol. The summed E-state index contributed by atoms with van der Waals surface area (Å²) in [6.07, 6.45) is 3.65. The van der Waals surface area contributed by atoms with Gasteiger partial charge in [0, 0.05) is 0 Å². The highest BCUT2D eigenvalue weighted by atomic mass is 16.1. The Morgan fingerprint density at radius 1 is 1.00 bits per heavy atom. The number of primary amides is 1. The van der Waals surface area contributed by atoms with Crippen LogP contribution in [0.4, 0.5) is 0 Å². The van der Waals surface area contributed by atoms with Gasteiger partial charge >= 0.3 is 0 Å². The molecule has 0 saturated carbocycles. The van der Waals surface area contributed by atoms with Gasteiger partial charge in [0.05, 0.1) is 0 Å². The van der Waals surface area contributed by atoms with Crippen LogP contribution in [0, 0.1) is 0 Å². The molecular weight excluding hydrogens is 272 g/mol. The minimum atomic E-state index is -0.577. The molecule has 3 nitrogen and oxygen atoms in total. The SMILES string of the molecule is NC(=O)C1(Cc2ccc(-c3ccccc3)cc2)CCCCN1. The predicted octanol–water partition coefficient (Wildman–Crippen LogP) is 2.89. The molecule has 1 aliphatic rings. The van der Waals surface area contributed by atoms with E-state index >= 15 is 0 Å². The first-order valence-corrected chi connectivity index (χ1v) is 7.89. The van der Waals surface area contributed by atoms with Gasteiger partial charge in [0.25, 0.3) is 0 Å². The van der Waals surface area contributed by atoms with Crippen molar-refractivity contribution in [3.8, 4) is 11.1 Å². The summed E-state index contributed by atoms with van der Waals surface area (Å²) in [4.78, 5) is 11.9. The quantitative estimate of drug-likeness (QED) is 0.911. The van der Waals surface area contributed by atoms with Crippen molar-refractivity contribution >= 4 is 5.91 Å². The van der Waals surface area contributed by atoms with E-state index in [4.69, 9.17) is 5.73 Å². The van der Waals surface area contributed by atoms with Crippen molar-refractivity contribution in [2.24, 2.45) is 5.73 Å². The lowest BCUT2D eigenvalue weighted by Crippen LogP contribution is -2.59.